The molecule has 2 aliphatic rings. The van der Waals surface area contributed by atoms with E-state index in [1.54, 1.807) is 86.6 Å². The van der Waals surface area contributed by atoms with Crippen molar-refractivity contribution in [1.29, 1.82) is 0 Å². The van der Waals surface area contributed by atoms with Crippen LogP contribution in [0.3, 0.4) is 0 Å². The molecule has 284 valence electrons. The van der Waals surface area contributed by atoms with Gasteiger partial charge in [-0.05, 0) is 130 Å². The number of hydrogen-bond acceptors (Lipinski definition) is 9. The van der Waals surface area contributed by atoms with Gasteiger partial charge in [0.15, 0.2) is 0 Å². The van der Waals surface area contributed by atoms with Crippen molar-refractivity contribution in [3.05, 3.63) is 45.4 Å². The number of carboxylic acids is 1. The maximum absolute atomic E-state index is 12.9. The fourth-order valence-corrected chi connectivity index (χ4v) is 5.72. The molecule has 2 fully saturated rings. The minimum absolute atomic E-state index is 0.288. The summed E-state index contributed by atoms with van der Waals surface area (Å²) in [5, 5.41) is 13.2. The first kappa shape index (κ1) is 43.1. The van der Waals surface area contributed by atoms with E-state index in [1.165, 1.54) is 9.80 Å². The molecule has 13 nitrogen and oxygen atoms in total. The summed E-state index contributed by atoms with van der Waals surface area (Å²) in [5.74, 6) is -1.26. The van der Waals surface area contributed by atoms with Crippen LogP contribution in [-0.4, -0.2) is 74.3 Å². The minimum atomic E-state index is -1.12. The predicted octanol–water partition coefficient (Wildman–Crippen LogP) is 7.63. The molecule has 0 saturated carbocycles. The molecule has 15 heteroatoms. The maximum Gasteiger partial charge on any atom is 0.411 e. The Bertz CT molecular complexity index is 1600. The zero-order valence-corrected chi connectivity index (χ0v) is 32.8. The summed E-state index contributed by atoms with van der Waals surface area (Å²) >= 11 is 11.8. The predicted molar refractivity (Wildman–Crippen MR) is 203 cm³/mol. The van der Waals surface area contributed by atoms with Crippen molar-refractivity contribution in [1.82, 2.24) is 9.80 Å². The highest BCUT2D eigenvalue weighted by atomic mass is 35.5. The van der Waals surface area contributed by atoms with Crippen molar-refractivity contribution in [2.24, 2.45) is 0 Å². The molecule has 3 amide bonds. The van der Waals surface area contributed by atoms with Crippen LogP contribution in [0.2, 0.25) is 10.0 Å². The van der Waals surface area contributed by atoms with E-state index >= 15 is 0 Å². The number of carbonyl (C=O) groups is 4. The number of carboxylic acid groups (broad SMARTS) is 1. The van der Waals surface area contributed by atoms with Gasteiger partial charge in [0.05, 0.1) is 22.7 Å². The fourth-order valence-electron chi connectivity index (χ4n) is 5.40. The molecular formula is C36H54Cl2N6O7. The Morgan fingerprint density at radius 1 is 0.745 bits per heavy atom. The molecule has 0 unspecified atom stereocenters. The van der Waals surface area contributed by atoms with Gasteiger partial charge in [0.25, 0.3) is 0 Å². The van der Waals surface area contributed by atoms with E-state index in [0.717, 1.165) is 12.0 Å². The number of nitrogen functional groups attached to an aromatic ring is 3. The van der Waals surface area contributed by atoms with Crippen molar-refractivity contribution in [3.63, 3.8) is 0 Å². The Kier molecular flexibility index (Phi) is 13.9. The van der Waals surface area contributed by atoms with Crippen molar-refractivity contribution < 1.29 is 33.8 Å². The highest BCUT2D eigenvalue weighted by Gasteiger charge is 2.48. The number of likely N-dealkylation sites (tertiary alicyclic amines) is 2. The number of halogens is 2. The second-order valence-corrected chi connectivity index (χ2v) is 15.9. The van der Waals surface area contributed by atoms with Crippen molar-refractivity contribution in [2.45, 2.75) is 117 Å². The molecule has 0 bridgehead atoms. The van der Waals surface area contributed by atoms with Gasteiger partial charge in [-0.2, -0.15) is 0 Å². The van der Waals surface area contributed by atoms with E-state index < -0.39 is 40.4 Å². The Labute approximate surface area is 311 Å². The Morgan fingerprint density at radius 3 is 1.59 bits per heavy atom. The molecule has 2 heterocycles. The van der Waals surface area contributed by atoms with Gasteiger partial charge in [-0.15, -0.1) is 0 Å². The molecule has 2 atom stereocenters. The summed E-state index contributed by atoms with van der Waals surface area (Å²) in [6.07, 6.45) is 1.43. The van der Waals surface area contributed by atoms with E-state index in [4.69, 9.17) is 55.0 Å². The van der Waals surface area contributed by atoms with Crippen LogP contribution in [-0.2, 0) is 19.1 Å². The monoisotopic (exact) mass is 752 g/mol. The second kappa shape index (κ2) is 16.5. The zero-order valence-electron chi connectivity index (χ0n) is 31.3. The molecule has 2 saturated heterocycles. The third-order valence-electron chi connectivity index (χ3n) is 8.64. The number of nitrogens with one attached hydrogen (secondary N) is 1. The normalized spacial score (nSPS) is 20.0. The van der Waals surface area contributed by atoms with E-state index in [2.05, 4.69) is 5.32 Å². The summed E-state index contributed by atoms with van der Waals surface area (Å²) in [5.41, 5.74) is 17.4. The van der Waals surface area contributed by atoms with Crippen LogP contribution >= 0.6 is 23.2 Å². The maximum atomic E-state index is 12.9. The largest absolute Gasteiger partial charge is 0.480 e. The molecule has 2 aromatic carbocycles. The molecule has 51 heavy (non-hydrogen) atoms. The van der Waals surface area contributed by atoms with Crippen molar-refractivity contribution in [3.8, 4) is 0 Å². The van der Waals surface area contributed by atoms with E-state index in [1.807, 2.05) is 6.92 Å². The summed E-state index contributed by atoms with van der Waals surface area (Å²) in [7, 11) is 0. The van der Waals surface area contributed by atoms with Gasteiger partial charge < -0.3 is 37.1 Å². The third-order valence-corrected chi connectivity index (χ3v) is 9.46. The molecule has 0 spiro atoms. The smallest absolute Gasteiger partial charge is 0.411 e. The van der Waals surface area contributed by atoms with Crippen LogP contribution in [0.5, 0.6) is 0 Å². The second-order valence-electron chi connectivity index (χ2n) is 15.1. The highest BCUT2D eigenvalue weighted by molar-refractivity contribution is 6.32. The van der Waals surface area contributed by atoms with Crippen molar-refractivity contribution in [2.75, 3.05) is 35.6 Å². The molecule has 0 aliphatic carbocycles. The number of nitrogens with zero attached hydrogens (tertiary/aromatic N) is 2. The lowest BCUT2D eigenvalue weighted by molar-refractivity contribution is -0.148. The first-order valence-corrected chi connectivity index (χ1v) is 17.4. The lowest BCUT2D eigenvalue weighted by Crippen LogP contribution is -2.54. The molecule has 0 radical (unpaired) electrons. The Morgan fingerprint density at radius 2 is 1.16 bits per heavy atom. The summed E-state index contributed by atoms with van der Waals surface area (Å²) in [6.45, 7) is 18.6. The SMILES string of the molecule is CC(C)(C)OC(=O)N1CCC[C@@]1(C)C(=O)O.Cc1c(Cl)ccc(N)c1N.Cc1c(Cl)ccc(NC(=O)[C@]2(C)CCCN2C(=O)OC(C)(C)C)c1N. The lowest BCUT2D eigenvalue weighted by atomic mass is 9.97. The van der Waals surface area contributed by atoms with Gasteiger partial charge in [0, 0.05) is 23.1 Å². The number of amides is 3. The number of aliphatic carboxylic acids is 1. The summed E-state index contributed by atoms with van der Waals surface area (Å²) in [6, 6.07) is 6.79. The Balaban J connectivity index is 0.000000295. The quantitative estimate of drug-likeness (QED) is 0.194. The van der Waals surface area contributed by atoms with Gasteiger partial charge in [-0.3, -0.25) is 14.6 Å². The molecular weight excluding hydrogens is 699 g/mol. The first-order chi connectivity index (χ1) is 23.2. The number of benzene rings is 2. The number of nitrogens with two attached hydrogens (primary N) is 3. The van der Waals surface area contributed by atoms with Gasteiger partial charge in [0.1, 0.15) is 22.3 Å². The van der Waals surface area contributed by atoms with Crippen LogP contribution in [0.1, 0.15) is 92.2 Å². The summed E-state index contributed by atoms with van der Waals surface area (Å²) < 4.78 is 10.6. The fraction of sp³-hybridized carbons (Fsp3) is 0.556. The minimum Gasteiger partial charge on any atom is -0.480 e. The molecule has 0 aromatic heterocycles. The van der Waals surface area contributed by atoms with E-state index in [-0.39, 0.29) is 5.91 Å². The average Bonchev–Trinajstić information content (AvgIpc) is 3.61. The number of hydrogen-bond donors (Lipinski definition) is 5. The number of anilines is 4. The van der Waals surface area contributed by atoms with E-state index in [9.17, 15) is 19.2 Å². The number of rotatable bonds is 3. The van der Waals surface area contributed by atoms with Gasteiger partial charge in [-0.25, -0.2) is 14.4 Å². The van der Waals surface area contributed by atoms with Gasteiger partial charge in [0.2, 0.25) is 5.91 Å². The van der Waals surface area contributed by atoms with Crippen LogP contribution in [0.15, 0.2) is 24.3 Å². The molecule has 8 N–H and O–H groups in total. The zero-order chi connectivity index (χ0) is 39.3. The Hall–Kier alpha value is -4.10. The topological polar surface area (TPSA) is 204 Å². The highest BCUT2D eigenvalue weighted by Crippen LogP contribution is 2.35. The number of ether oxygens (including phenoxy) is 2. The molecule has 4 rings (SSSR count). The van der Waals surface area contributed by atoms with Crippen LogP contribution in [0, 0.1) is 13.8 Å². The third kappa shape index (κ3) is 10.9. The van der Waals surface area contributed by atoms with Gasteiger partial charge in [-0.1, -0.05) is 23.2 Å². The molecule has 2 aliphatic heterocycles. The lowest BCUT2D eigenvalue weighted by Gasteiger charge is -2.35. The van der Waals surface area contributed by atoms with Crippen molar-refractivity contribution >= 4 is 70.0 Å². The van der Waals surface area contributed by atoms with E-state index in [0.29, 0.717) is 70.7 Å². The van der Waals surface area contributed by atoms with Gasteiger partial charge >= 0.3 is 18.2 Å². The van der Waals surface area contributed by atoms with Crippen LogP contribution in [0.25, 0.3) is 0 Å². The first-order valence-electron chi connectivity index (χ1n) is 16.7. The van der Waals surface area contributed by atoms with Crippen LogP contribution < -0.4 is 22.5 Å². The average molecular weight is 754 g/mol. The summed E-state index contributed by atoms with van der Waals surface area (Å²) in [4.78, 5) is 51.2. The van der Waals surface area contributed by atoms with Crippen LogP contribution in [0.4, 0.5) is 32.3 Å². The number of carbonyl (C=O) groups excluding carboxylic acids is 3. The standard InChI is InChI=1S/C18H26ClN3O3.C11H19NO4.C7H9ClN2/c1-11-12(19)7-8-13(14(11)20)21-15(23)18(5)9-6-10-22(18)16(24)25-17(2,3)4;1-10(2,3)16-9(15)12-7-5-6-11(12,4)8(13)14;1-4-5(8)2-3-6(9)7(4)10/h7-8H,6,9-10,20H2,1-5H3,(H,21,23);5-7H2,1-4H3,(H,13,14);2-3H,9-10H2,1H3/t18-;11-;/m00./s1. The molecule has 2 aromatic rings.